The third-order valence-electron chi connectivity index (χ3n) is 2.05. The summed E-state index contributed by atoms with van der Waals surface area (Å²) in [5, 5.41) is 0.326. The number of hydrogen-bond acceptors (Lipinski definition) is 3. The van der Waals surface area contributed by atoms with Gasteiger partial charge in [-0.25, -0.2) is 4.98 Å². The van der Waals surface area contributed by atoms with E-state index in [0.29, 0.717) is 11.0 Å². The summed E-state index contributed by atoms with van der Waals surface area (Å²) in [5.74, 6) is 0.787. The normalized spacial score (nSPS) is 10.2. The van der Waals surface area contributed by atoms with E-state index in [4.69, 9.17) is 0 Å². The van der Waals surface area contributed by atoms with Crippen LogP contribution in [0.1, 0.15) is 24.3 Å². The summed E-state index contributed by atoms with van der Waals surface area (Å²) in [4.78, 5) is 20.5. The highest BCUT2D eigenvalue weighted by Crippen LogP contribution is 2.09. The molecule has 0 aliphatic heterocycles. The number of anilines is 1. The van der Waals surface area contributed by atoms with Crippen molar-refractivity contribution < 1.29 is 4.79 Å². The van der Waals surface area contributed by atoms with Crippen LogP contribution in [0.2, 0.25) is 0 Å². The van der Waals surface area contributed by atoms with Gasteiger partial charge in [0.2, 0.25) is 5.95 Å². The lowest BCUT2D eigenvalue weighted by molar-refractivity contribution is 0.101. The number of hydrogen-bond donors (Lipinski definition) is 1. The lowest BCUT2D eigenvalue weighted by atomic mass is 10.3. The molecule has 1 rings (SSSR count). The molecule has 0 atom stereocenters. The molecule has 0 amide bonds. The number of aromatic nitrogens is 2. The standard InChI is InChI=1S/C9H14BrN3O/c1-3-13(4-2)9-11-6-7(12-9)8(14)5-10/h6H,3-5H2,1-2H3,(H,11,12). The Morgan fingerprint density at radius 2 is 2.21 bits per heavy atom. The van der Waals surface area contributed by atoms with Gasteiger partial charge >= 0.3 is 0 Å². The fourth-order valence-electron chi connectivity index (χ4n) is 1.21. The summed E-state index contributed by atoms with van der Waals surface area (Å²) in [6.07, 6.45) is 1.58. The molecule has 0 aliphatic carbocycles. The molecular weight excluding hydrogens is 246 g/mol. The van der Waals surface area contributed by atoms with Gasteiger partial charge in [-0.15, -0.1) is 0 Å². The Kier molecular flexibility index (Phi) is 4.13. The van der Waals surface area contributed by atoms with Gasteiger partial charge in [-0.1, -0.05) is 15.9 Å². The summed E-state index contributed by atoms with van der Waals surface area (Å²) >= 11 is 3.12. The van der Waals surface area contributed by atoms with Crippen molar-refractivity contribution in [3.8, 4) is 0 Å². The van der Waals surface area contributed by atoms with Crippen molar-refractivity contribution in [2.24, 2.45) is 0 Å². The largest absolute Gasteiger partial charge is 0.343 e. The van der Waals surface area contributed by atoms with Crippen molar-refractivity contribution >= 4 is 27.7 Å². The minimum atomic E-state index is 0.0240. The number of Topliss-reactive ketones (excluding diaryl/α,β-unsaturated/α-hetero) is 1. The van der Waals surface area contributed by atoms with E-state index in [1.807, 2.05) is 0 Å². The van der Waals surface area contributed by atoms with Crippen LogP contribution in [0.4, 0.5) is 5.95 Å². The Hall–Kier alpha value is -0.840. The molecule has 0 saturated heterocycles. The van der Waals surface area contributed by atoms with E-state index < -0.39 is 0 Å². The van der Waals surface area contributed by atoms with Crippen LogP contribution >= 0.6 is 15.9 Å². The predicted molar refractivity (Wildman–Crippen MR) is 60.3 cm³/mol. The second-order valence-corrected chi connectivity index (χ2v) is 3.41. The fraction of sp³-hybridized carbons (Fsp3) is 0.556. The van der Waals surface area contributed by atoms with Crippen molar-refractivity contribution in [3.63, 3.8) is 0 Å². The van der Waals surface area contributed by atoms with E-state index in [1.54, 1.807) is 6.20 Å². The predicted octanol–water partition coefficient (Wildman–Crippen LogP) is 1.83. The number of aromatic amines is 1. The maximum absolute atomic E-state index is 11.3. The molecule has 0 bridgehead atoms. The molecule has 0 saturated carbocycles. The van der Waals surface area contributed by atoms with Crippen molar-refractivity contribution in [1.82, 2.24) is 9.97 Å². The number of carbonyl (C=O) groups is 1. The van der Waals surface area contributed by atoms with Crippen molar-refractivity contribution in [2.75, 3.05) is 23.3 Å². The fourth-order valence-corrected chi connectivity index (χ4v) is 1.51. The van der Waals surface area contributed by atoms with Gasteiger partial charge in [-0.2, -0.15) is 0 Å². The van der Waals surface area contributed by atoms with E-state index >= 15 is 0 Å². The Morgan fingerprint density at radius 3 is 2.71 bits per heavy atom. The third-order valence-corrected chi connectivity index (χ3v) is 2.56. The minimum absolute atomic E-state index is 0.0240. The van der Waals surface area contributed by atoms with E-state index in [-0.39, 0.29) is 5.78 Å². The zero-order chi connectivity index (χ0) is 10.6. The van der Waals surface area contributed by atoms with Crippen LogP contribution in [0.3, 0.4) is 0 Å². The van der Waals surface area contributed by atoms with E-state index in [0.717, 1.165) is 19.0 Å². The average molecular weight is 260 g/mol. The first-order chi connectivity index (χ1) is 6.72. The maximum Gasteiger partial charge on any atom is 0.203 e. The van der Waals surface area contributed by atoms with Crippen LogP contribution in [-0.4, -0.2) is 34.2 Å². The third kappa shape index (κ3) is 2.35. The molecule has 78 valence electrons. The monoisotopic (exact) mass is 259 g/mol. The number of imidazole rings is 1. The number of rotatable bonds is 5. The molecule has 0 aromatic carbocycles. The summed E-state index contributed by atoms with van der Waals surface area (Å²) in [6, 6.07) is 0. The Balaban J connectivity index is 2.81. The van der Waals surface area contributed by atoms with Crippen molar-refractivity contribution in [1.29, 1.82) is 0 Å². The summed E-state index contributed by atoms with van der Waals surface area (Å²) in [6.45, 7) is 5.87. The van der Waals surface area contributed by atoms with E-state index in [9.17, 15) is 4.79 Å². The molecule has 0 radical (unpaired) electrons. The molecule has 0 fully saturated rings. The zero-order valence-electron chi connectivity index (χ0n) is 8.38. The first-order valence-electron chi connectivity index (χ1n) is 4.62. The molecule has 1 aromatic heterocycles. The van der Waals surface area contributed by atoms with Crippen LogP contribution < -0.4 is 4.90 Å². The SMILES string of the molecule is CCN(CC)c1ncc(C(=O)CBr)[nH]1. The van der Waals surface area contributed by atoms with Gasteiger partial charge < -0.3 is 9.88 Å². The summed E-state index contributed by atoms with van der Waals surface area (Å²) in [5.41, 5.74) is 0.559. The number of alkyl halides is 1. The van der Waals surface area contributed by atoms with Crippen LogP contribution in [0.5, 0.6) is 0 Å². The molecule has 5 heteroatoms. The molecule has 4 nitrogen and oxygen atoms in total. The highest BCUT2D eigenvalue weighted by atomic mass is 79.9. The van der Waals surface area contributed by atoms with Crippen molar-refractivity contribution in [2.45, 2.75) is 13.8 Å². The van der Waals surface area contributed by atoms with Gasteiger partial charge in [0, 0.05) is 13.1 Å². The van der Waals surface area contributed by atoms with Gasteiger partial charge in [0.25, 0.3) is 0 Å². The Bertz CT molecular complexity index is 307. The molecule has 1 N–H and O–H groups in total. The lowest BCUT2D eigenvalue weighted by Gasteiger charge is -2.16. The Morgan fingerprint density at radius 1 is 1.57 bits per heavy atom. The summed E-state index contributed by atoms with van der Waals surface area (Å²) in [7, 11) is 0. The highest BCUT2D eigenvalue weighted by molar-refractivity contribution is 9.09. The van der Waals surface area contributed by atoms with Crippen LogP contribution in [0.25, 0.3) is 0 Å². The lowest BCUT2D eigenvalue weighted by Crippen LogP contribution is -2.23. The van der Waals surface area contributed by atoms with E-state index in [2.05, 4.69) is 44.6 Å². The smallest absolute Gasteiger partial charge is 0.203 e. The van der Waals surface area contributed by atoms with Crippen molar-refractivity contribution in [3.05, 3.63) is 11.9 Å². The quantitative estimate of drug-likeness (QED) is 0.649. The number of H-pyrrole nitrogens is 1. The molecule has 1 heterocycles. The molecular formula is C9H14BrN3O. The first kappa shape index (κ1) is 11.2. The zero-order valence-corrected chi connectivity index (χ0v) is 9.97. The molecule has 14 heavy (non-hydrogen) atoms. The second-order valence-electron chi connectivity index (χ2n) is 2.85. The number of nitrogens with zero attached hydrogens (tertiary/aromatic N) is 2. The van der Waals surface area contributed by atoms with Gasteiger partial charge in [-0.05, 0) is 13.8 Å². The van der Waals surface area contributed by atoms with Crippen LogP contribution in [0, 0.1) is 0 Å². The van der Waals surface area contributed by atoms with Gasteiger partial charge in [0.05, 0.1) is 11.5 Å². The Labute approximate surface area is 91.8 Å². The van der Waals surface area contributed by atoms with Gasteiger partial charge in [0.15, 0.2) is 5.78 Å². The van der Waals surface area contributed by atoms with Crippen LogP contribution in [-0.2, 0) is 0 Å². The first-order valence-corrected chi connectivity index (χ1v) is 5.74. The van der Waals surface area contributed by atoms with Gasteiger partial charge in [0.1, 0.15) is 5.69 Å². The number of ketones is 1. The molecule has 1 aromatic rings. The number of nitrogens with one attached hydrogen (secondary N) is 1. The topological polar surface area (TPSA) is 49.0 Å². The maximum atomic E-state index is 11.3. The number of carbonyl (C=O) groups excluding carboxylic acids is 1. The molecule has 0 spiro atoms. The van der Waals surface area contributed by atoms with E-state index in [1.165, 1.54) is 0 Å². The second kappa shape index (κ2) is 5.14. The molecule has 0 aliphatic rings. The molecule has 0 unspecified atom stereocenters. The van der Waals surface area contributed by atoms with Crippen LogP contribution in [0.15, 0.2) is 6.20 Å². The van der Waals surface area contributed by atoms with Gasteiger partial charge in [-0.3, -0.25) is 4.79 Å². The average Bonchev–Trinajstić information content (AvgIpc) is 2.68. The minimum Gasteiger partial charge on any atom is -0.343 e. The highest BCUT2D eigenvalue weighted by Gasteiger charge is 2.10. The number of halogens is 1. The summed E-state index contributed by atoms with van der Waals surface area (Å²) < 4.78 is 0.